The monoisotopic (exact) mass is 321 g/mol. The number of nitrogens with one attached hydrogen (secondary N) is 2. The molecule has 0 aliphatic rings. The van der Waals surface area contributed by atoms with Crippen LogP contribution < -0.4 is 10.0 Å². The number of nitrogens with zero attached hydrogens (tertiary/aromatic N) is 1. The van der Waals surface area contributed by atoms with Crippen LogP contribution in [0.5, 0.6) is 0 Å². The van der Waals surface area contributed by atoms with Crippen LogP contribution in [0.4, 0.5) is 0 Å². The number of carbonyl (C=O) groups is 1. The molecule has 1 heterocycles. The van der Waals surface area contributed by atoms with Gasteiger partial charge in [-0.2, -0.15) is 0 Å². The second kappa shape index (κ2) is 6.08. The van der Waals surface area contributed by atoms with Gasteiger partial charge in [0, 0.05) is 17.2 Å². The fraction of sp³-hybridized carbons (Fsp3) is 0.333. The molecule has 2 N–H and O–H groups in total. The lowest BCUT2D eigenvalue weighted by molar-refractivity contribution is 0.0950. The van der Waals surface area contributed by atoms with Gasteiger partial charge in [0.05, 0.1) is 5.75 Å². The molecule has 1 aromatic heterocycles. The standard InChI is InChI=1S/C9H12BrN3O3S/c1-11-17(15,16)6-5-13-9(14)8-7(10)3-2-4-12-8/h2-4,11H,5-6H2,1H3,(H,13,14). The van der Waals surface area contributed by atoms with Crippen LogP contribution in [0.15, 0.2) is 22.8 Å². The molecule has 0 unspecified atom stereocenters. The number of amides is 1. The summed E-state index contributed by atoms with van der Waals surface area (Å²) < 4.78 is 24.9. The second-order valence-electron chi connectivity index (χ2n) is 3.11. The van der Waals surface area contributed by atoms with Crippen LogP contribution >= 0.6 is 15.9 Å². The molecular formula is C9H12BrN3O3S. The van der Waals surface area contributed by atoms with Crippen LogP contribution in [-0.2, 0) is 10.0 Å². The second-order valence-corrected chi connectivity index (χ2v) is 6.01. The highest BCUT2D eigenvalue weighted by Crippen LogP contribution is 2.12. The zero-order chi connectivity index (χ0) is 12.9. The van der Waals surface area contributed by atoms with Crippen LogP contribution in [-0.4, -0.2) is 38.7 Å². The maximum absolute atomic E-state index is 11.6. The highest BCUT2D eigenvalue weighted by molar-refractivity contribution is 9.10. The molecule has 0 spiro atoms. The minimum Gasteiger partial charge on any atom is -0.350 e. The zero-order valence-corrected chi connectivity index (χ0v) is 11.5. The quantitative estimate of drug-likeness (QED) is 0.806. The molecule has 0 bridgehead atoms. The number of carbonyl (C=O) groups excluding carboxylic acids is 1. The molecule has 0 fully saturated rings. The van der Waals surface area contributed by atoms with Gasteiger partial charge < -0.3 is 5.32 Å². The Morgan fingerprint density at radius 1 is 1.53 bits per heavy atom. The van der Waals surface area contributed by atoms with Crippen LogP contribution in [0.2, 0.25) is 0 Å². The summed E-state index contributed by atoms with van der Waals surface area (Å²) in [6, 6.07) is 3.37. The van der Waals surface area contributed by atoms with E-state index in [2.05, 4.69) is 31.0 Å². The molecule has 8 heteroatoms. The molecule has 0 saturated carbocycles. The highest BCUT2D eigenvalue weighted by atomic mass is 79.9. The van der Waals surface area contributed by atoms with Crippen molar-refractivity contribution in [3.63, 3.8) is 0 Å². The molecule has 1 amide bonds. The van der Waals surface area contributed by atoms with E-state index in [1.807, 2.05) is 0 Å². The summed E-state index contributed by atoms with van der Waals surface area (Å²) in [6.07, 6.45) is 1.49. The number of halogens is 1. The topological polar surface area (TPSA) is 88.2 Å². The molecule has 0 aliphatic heterocycles. The van der Waals surface area contributed by atoms with Crippen LogP contribution in [0.1, 0.15) is 10.5 Å². The Balaban J connectivity index is 2.55. The summed E-state index contributed by atoms with van der Waals surface area (Å²) in [5, 5.41) is 2.48. The lowest BCUT2D eigenvalue weighted by Gasteiger charge is -2.06. The summed E-state index contributed by atoms with van der Waals surface area (Å²) in [4.78, 5) is 15.5. The minimum atomic E-state index is -3.30. The van der Waals surface area contributed by atoms with Gasteiger partial charge in [-0.1, -0.05) is 0 Å². The van der Waals surface area contributed by atoms with Gasteiger partial charge in [0.25, 0.3) is 5.91 Å². The maximum Gasteiger partial charge on any atom is 0.271 e. The van der Waals surface area contributed by atoms with Crippen LogP contribution in [0.3, 0.4) is 0 Å². The smallest absolute Gasteiger partial charge is 0.271 e. The van der Waals surface area contributed by atoms with Gasteiger partial charge in [-0.05, 0) is 35.1 Å². The molecule has 0 saturated heterocycles. The van der Waals surface area contributed by atoms with Crippen LogP contribution in [0, 0.1) is 0 Å². The first kappa shape index (κ1) is 14.1. The molecule has 0 aliphatic carbocycles. The Morgan fingerprint density at radius 3 is 2.82 bits per heavy atom. The normalized spacial score (nSPS) is 11.2. The van der Waals surface area contributed by atoms with E-state index in [-0.39, 0.29) is 18.0 Å². The Bertz CT molecular complexity index is 504. The van der Waals surface area contributed by atoms with E-state index in [0.717, 1.165) is 0 Å². The SMILES string of the molecule is CNS(=O)(=O)CCNC(=O)c1ncccc1Br. The summed E-state index contributed by atoms with van der Waals surface area (Å²) in [5.41, 5.74) is 0.231. The lowest BCUT2D eigenvalue weighted by Crippen LogP contribution is -2.33. The first-order chi connectivity index (χ1) is 7.96. The van der Waals surface area contributed by atoms with Crippen molar-refractivity contribution in [1.82, 2.24) is 15.0 Å². The molecule has 1 rings (SSSR count). The molecule has 0 radical (unpaired) electrons. The fourth-order valence-electron chi connectivity index (χ4n) is 1.04. The van der Waals surface area contributed by atoms with Gasteiger partial charge in [-0.25, -0.2) is 18.1 Å². The van der Waals surface area contributed by atoms with Crippen molar-refractivity contribution in [2.75, 3.05) is 19.3 Å². The third-order valence-electron chi connectivity index (χ3n) is 1.94. The van der Waals surface area contributed by atoms with Crippen LogP contribution in [0.25, 0.3) is 0 Å². The van der Waals surface area contributed by atoms with E-state index >= 15 is 0 Å². The third kappa shape index (κ3) is 4.41. The van der Waals surface area contributed by atoms with Gasteiger partial charge in [0.1, 0.15) is 5.69 Å². The fourth-order valence-corrected chi connectivity index (χ4v) is 2.05. The molecular weight excluding hydrogens is 310 g/mol. The largest absolute Gasteiger partial charge is 0.350 e. The predicted octanol–water partition coefficient (Wildman–Crippen LogP) is 0.123. The van der Waals surface area contributed by atoms with Crippen molar-refractivity contribution in [1.29, 1.82) is 0 Å². The Morgan fingerprint density at radius 2 is 2.24 bits per heavy atom. The summed E-state index contributed by atoms with van der Waals surface area (Å²) in [6.45, 7) is 0.0328. The predicted molar refractivity (Wildman–Crippen MR) is 67.1 cm³/mol. The van der Waals surface area contributed by atoms with Crippen molar-refractivity contribution >= 4 is 31.9 Å². The summed E-state index contributed by atoms with van der Waals surface area (Å²) in [5.74, 6) is -0.580. The molecule has 0 atom stereocenters. The zero-order valence-electron chi connectivity index (χ0n) is 9.10. The number of hydrogen-bond donors (Lipinski definition) is 2. The number of aromatic nitrogens is 1. The first-order valence-corrected chi connectivity index (χ1v) is 7.21. The maximum atomic E-state index is 11.6. The Kier molecular flexibility index (Phi) is 5.03. The van der Waals surface area contributed by atoms with Gasteiger partial charge in [-0.15, -0.1) is 0 Å². The Hall–Kier alpha value is -0.990. The molecule has 6 nitrogen and oxygen atoms in total. The summed E-state index contributed by atoms with van der Waals surface area (Å²) >= 11 is 3.19. The molecule has 17 heavy (non-hydrogen) atoms. The van der Waals surface area contributed by atoms with E-state index in [9.17, 15) is 13.2 Å². The number of hydrogen-bond acceptors (Lipinski definition) is 4. The molecule has 1 aromatic rings. The van der Waals surface area contributed by atoms with E-state index < -0.39 is 15.9 Å². The Labute approximate surface area is 108 Å². The number of rotatable bonds is 5. The van der Waals surface area contributed by atoms with Crippen molar-refractivity contribution < 1.29 is 13.2 Å². The van der Waals surface area contributed by atoms with E-state index in [4.69, 9.17) is 0 Å². The van der Waals surface area contributed by atoms with E-state index in [1.54, 1.807) is 12.1 Å². The lowest BCUT2D eigenvalue weighted by atomic mass is 10.3. The third-order valence-corrected chi connectivity index (χ3v) is 3.94. The van der Waals surface area contributed by atoms with Gasteiger partial charge >= 0.3 is 0 Å². The van der Waals surface area contributed by atoms with Crippen molar-refractivity contribution in [3.8, 4) is 0 Å². The van der Waals surface area contributed by atoms with Gasteiger partial charge in [-0.3, -0.25) is 4.79 Å². The molecule has 94 valence electrons. The van der Waals surface area contributed by atoms with Crippen molar-refractivity contribution in [3.05, 3.63) is 28.5 Å². The first-order valence-electron chi connectivity index (χ1n) is 4.76. The van der Waals surface area contributed by atoms with Gasteiger partial charge in [0.15, 0.2) is 0 Å². The average Bonchev–Trinajstić information content (AvgIpc) is 2.29. The number of sulfonamides is 1. The highest BCUT2D eigenvalue weighted by Gasteiger charge is 2.12. The minimum absolute atomic E-state index is 0.0328. The molecule has 0 aromatic carbocycles. The van der Waals surface area contributed by atoms with Crippen molar-refractivity contribution in [2.45, 2.75) is 0 Å². The average molecular weight is 322 g/mol. The number of pyridine rings is 1. The van der Waals surface area contributed by atoms with E-state index in [0.29, 0.717) is 4.47 Å². The van der Waals surface area contributed by atoms with Crippen molar-refractivity contribution in [2.24, 2.45) is 0 Å². The summed E-state index contributed by atoms with van der Waals surface area (Å²) in [7, 11) is -1.98. The van der Waals surface area contributed by atoms with Gasteiger partial charge in [0.2, 0.25) is 10.0 Å². The van der Waals surface area contributed by atoms with E-state index in [1.165, 1.54) is 13.2 Å².